The molecule has 5 heteroatoms. The molecule has 0 radical (unpaired) electrons. The zero-order valence-corrected chi connectivity index (χ0v) is 13.1. The highest BCUT2D eigenvalue weighted by Crippen LogP contribution is 2.28. The molecule has 1 atom stereocenters. The van der Waals surface area contributed by atoms with E-state index in [9.17, 15) is 10.1 Å². The Morgan fingerprint density at radius 2 is 2.11 bits per heavy atom. The van der Waals surface area contributed by atoms with Gasteiger partial charge in [-0.15, -0.1) is 0 Å². The van der Waals surface area contributed by atoms with Crippen molar-refractivity contribution in [2.75, 3.05) is 5.32 Å². The lowest BCUT2D eigenvalue weighted by molar-refractivity contribution is -0.384. The van der Waals surface area contributed by atoms with Crippen LogP contribution in [0.15, 0.2) is 22.7 Å². The Hall–Kier alpha value is -1.10. The Balaban J connectivity index is 2.58. The van der Waals surface area contributed by atoms with Crippen molar-refractivity contribution < 1.29 is 4.92 Å². The van der Waals surface area contributed by atoms with Crippen molar-refractivity contribution >= 4 is 27.3 Å². The van der Waals surface area contributed by atoms with E-state index in [-0.39, 0.29) is 16.7 Å². The summed E-state index contributed by atoms with van der Waals surface area (Å²) < 4.78 is 0.723. The van der Waals surface area contributed by atoms with Gasteiger partial charge in [0, 0.05) is 16.6 Å². The molecule has 0 fully saturated rings. The molecule has 0 heterocycles. The monoisotopic (exact) mass is 328 g/mol. The highest BCUT2D eigenvalue weighted by Gasteiger charge is 2.15. The molecule has 0 aromatic heterocycles. The molecule has 0 amide bonds. The topological polar surface area (TPSA) is 55.2 Å². The number of nitrogens with one attached hydrogen (secondary N) is 1. The lowest BCUT2D eigenvalue weighted by Gasteiger charge is -2.15. The Kier molecular flexibility index (Phi) is 6.84. The Labute approximate surface area is 122 Å². The maximum Gasteiger partial charge on any atom is 0.293 e. The zero-order valence-electron chi connectivity index (χ0n) is 11.5. The van der Waals surface area contributed by atoms with Crippen molar-refractivity contribution in [2.45, 2.75) is 52.0 Å². The number of hydrogen-bond donors (Lipinski definition) is 1. The van der Waals surface area contributed by atoms with Gasteiger partial charge in [-0.3, -0.25) is 10.1 Å². The minimum Gasteiger partial charge on any atom is -0.377 e. The SMILES string of the molecule is CCCCCCC(C)Nc1ccc(Br)cc1[N+](=O)[O-]. The number of nitrogens with zero attached hydrogens (tertiary/aromatic N) is 1. The summed E-state index contributed by atoms with van der Waals surface area (Å²) in [6, 6.07) is 5.35. The number of unbranched alkanes of at least 4 members (excludes halogenated alkanes) is 3. The number of hydrogen-bond acceptors (Lipinski definition) is 3. The summed E-state index contributed by atoms with van der Waals surface area (Å²) in [6.45, 7) is 4.25. The number of nitro benzene ring substituents is 1. The highest BCUT2D eigenvalue weighted by atomic mass is 79.9. The lowest BCUT2D eigenvalue weighted by Crippen LogP contribution is -2.15. The van der Waals surface area contributed by atoms with Crippen LogP contribution >= 0.6 is 15.9 Å². The van der Waals surface area contributed by atoms with Crippen LogP contribution < -0.4 is 5.32 Å². The number of rotatable bonds is 8. The zero-order chi connectivity index (χ0) is 14.3. The second-order valence-corrected chi connectivity index (χ2v) is 5.73. The normalized spacial score (nSPS) is 12.2. The van der Waals surface area contributed by atoms with Gasteiger partial charge in [-0.2, -0.15) is 0 Å². The molecular weight excluding hydrogens is 308 g/mol. The van der Waals surface area contributed by atoms with Gasteiger partial charge in [-0.1, -0.05) is 48.5 Å². The molecule has 1 unspecified atom stereocenters. The summed E-state index contributed by atoms with van der Waals surface area (Å²) in [5, 5.41) is 14.2. The first-order chi connectivity index (χ1) is 9.04. The third kappa shape index (κ3) is 5.59. The van der Waals surface area contributed by atoms with E-state index in [0.717, 1.165) is 17.3 Å². The average molecular weight is 329 g/mol. The maximum absolute atomic E-state index is 11.0. The van der Waals surface area contributed by atoms with Gasteiger partial charge in [-0.25, -0.2) is 0 Å². The summed E-state index contributed by atoms with van der Waals surface area (Å²) >= 11 is 3.26. The van der Waals surface area contributed by atoms with Crippen molar-refractivity contribution in [3.05, 3.63) is 32.8 Å². The summed E-state index contributed by atoms with van der Waals surface area (Å²) in [7, 11) is 0. The molecule has 0 aliphatic carbocycles. The van der Waals surface area contributed by atoms with Gasteiger partial charge in [0.2, 0.25) is 0 Å². The van der Waals surface area contributed by atoms with E-state index in [1.165, 1.54) is 25.3 Å². The van der Waals surface area contributed by atoms with E-state index < -0.39 is 0 Å². The molecule has 106 valence electrons. The average Bonchev–Trinajstić information content (AvgIpc) is 2.36. The third-order valence-electron chi connectivity index (χ3n) is 3.05. The van der Waals surface area contributed by atoms with E-state index >= 15 is 0 Å². The van der Waals surface area contributed by atoms with Gasteiger partial charge in [0.15, 0.2) is 0 Å². The predicted octanol–water partition coefficient (Wildman–Crippen LogP) is 5.13. The van der Waals surface area contributed by atoms with Crippen LogP contribution in [0.25, 0.3) is 0 Å². The van der Waals surface area contributed by atoms with Crippen molar-refractivity contribution in [3.8, 4) is 0 Å². The Morgan fingerprint density at radius 3 is 2.74 bits per heavy atom. The molecule has 0 saturated heterocycles. The lowest BCUT2D eigenvalue weighted by atomic mass is 10.1. The fraction of sp³-hybridized carbons (Fsp3) is 0.571. The molecule has 4 nitrogen and oxygen atoms in total. The second kappa shape index (κ2) is 8.15. The predicted molar refractivity (Wildman–Crippen MR) is 82.6 cm³/mol. The number of halogens is 1. The molecule has 0 aliphatic rings. The molecule has 1 aromatic carbocycles. The molecule has 1 rings (SSSR count). The van der Waals surface area contributed by atoms with Crippen molar-refractivity contribution in [1.82, 2.24) is 0 Å². The van der Waals surface area contributed by atoms with Crippen molar-refractivity contribution in [3.63, 3.8) is 0 Å². The van der Waals surface area contributed by atoms with E-state index in [1.54, 1.807) is 6.07 Å². The quantitative estimate of drug-likeness (QED) is 0.409. The van der Waals surface area contributed by atoms with E-state index in [4.69, 9.17) is 0 Å². The van der Waals surface area contributed by atoms with Crippen LogP contribution in [-0.4, -0.2) is 11.0 Å². The van der Waals surface area contributed by atoms with E-state index in [2.05, 4.69) is 35.1 Å². The number of anilines is 1. The van der Waals surface area contributed by atoms with E-state index in [0.29, 0.717) is 5.69 Å². The van der Waals surface area contributed by atoms with Gasteiger partial charge >= 0.3 is 0 Å². The molecule has 0 bridgehead atoms. The summed E-state index contributed by atoms with van der Waals surface area (Å²) in [5.41, 5.74) is 0.714. The van der Waals surface area contributed by atoms with Gasteiger partial charge in [-0.05, 0) is 25.5 Å². The molecular formula is C14H21BrN2O2. The van der Waals surface area contributed by atoms with Gasteiger partial charge in [0.05, 0.1) is 4.92 Å². The van der Waals surface area contributed by atoms with Crippen LogP contribution in [0, 0.1) is 10.1 Å². The van der Waals surface area contributed by atoms with Crippen LogP contribution in [0.1, 0.15) is 46.0 Å². The fourth-order valence-electron chi connectivity index (χ4n) is 1.99. The second-order valence-electron chi connectivity index (χ2n) is 4.81. The van der Waals surface area contributed by atoms with Gasteiger partial charge < -0.3 is 5.32 Å². The molecule has 19 heavy (non-hydrogen) atoms. The van der Waals surface area contributed by atoms with E-state index in [1.807, 2.05) is 6.07 Å². The van der Waals surface area contributed by atoms with Crippen LogP contribution in [-0.2, 0) is 0 Å². The van der Waals surface area contributed by atoms with Crippen LogP contribution in [0.3, 0.4) is 0 Å². The Morgan fingerprint density at radius 1 is 1.37 bits per heavy atom. The van der Waals surface area contributed by atoms with Crippen LogP contribution in [0.4, 0.5) is 11.4 Å². The third-order valence-corrected chi connectivity index (χ3v) is 3.54. The Bertz CT molecular complexity index is 424. The van der Waals surface area contributed by atoms with Crippen molar-refractivity contribution in [1.29, 1.82) is 0 Å². The molecule has 1 aromatic rings. The first kappa shape index (κ1) is 16.0. The molecule has 0 spiro atoms. The largest absolute Gasteiger partial charge is 0.377 e. The van der Waals surface area contributed by atoms with Gasteiger partial charge in [0.1, 0.15) is 5.69 Å². The smallest absolute Gasteiger partial charge is 0.293 e. The molecule has 1 N–H and O–H groups in total. The number of benzene rings is 1. The van der Waals surface area contributed by atoms with Crippen LogP contribution in [0.5, 0.6) is 0 Å². The summed E-state index contributed by atoms with van der Waals surface area (Å²) in [5.74, 6) is 0. The van der Waals surface area contributed by atoms with Gasteiger partial charge in [0.25, 0.3) is 5.69 Å². The standard InChI is InChI=1S/C14H21BrN2O2/c1-3-4-5-6-7-11(2)16-13-9-8-12(15)10-14(13)17(18)19/h8-11,16H,3-7H2,1-2H3. The highest BCUT2D eigenvalue weighted by molar-refractivity contribution is 9.10. The summed E-state index contributed by atoms with van der Waals surface area (Å²) in [4.78, 5) is 10.6. The molecule has 0 aliphatic heterocycles. The van der Waals surface area contributed by atoms with Crippen molar-refractivity contribution in [2.24, 2.45) is 0 Å². The fourth-order valence-corrected chi connectivity index (χ4v) is 2.34. The minimum atomic E-state index is -0.350. The first-order valence-electron chi connectivity index (χ1n) is 6.75. The first-order valence-corrected chi connectivity index (χ1v) is 7.54. The maximum atomic E-state index is 11.0. The molecule has 0 saturated carbocycles. The van der Waals surface area contributed by atoms with Crippen LogP contribution in [0.2, 0.25) is 0 Å². The minimum absolute atomic E-state index is 0.120. The number of nitro groups is 1. The summed E-state index contributed by atoms with van der Waals surface area (Å²) in [6.07, 6.45) is 5.90.